The summed E-state index contributed by atoms with van der Waals surface area (Å²) in [6, 6.07) is 25.6. The van der Waals surface area contributed by atoms with Gasteiger partial charge >= 0.3 is 0 Å². The van der Waals surface area contributed by atoms with Gasteiger partial charge in [0, 0.05) is 24.2 Å². The van der Waals surface area contributed by atoms with Gasteiger partial charge in [0.15, 0.2) is 5.82 Å². The topological polar surface area (TPSA) is 54.8 Å². The SMILES string of the molecule is Cc1nn(-c2ccccn2)c2c1C1Nc3ccccc3NCC1C(c1ccccc1)C2. The van der Waals surface area contributed by atoms with Crippen molar-refractivity contribution in [2.45, 2.75) is 25.3 Å². The van der Waals surface area contributed by atoms with Crippen LogP contribution in [0.4, 0.5) is 11.4 Å². The molecule has 5 heteroatoms. The number of nitrogens with zero attached hydrogens (tertiary/aromatic N) is 3. The summed E-state index contributed by atoms with van der Waals surface area (Å²) in [6.07, 6.45) is 2.78. The predicted molar refractivity (Wildman–Crippen MR) is 124 cm³/mol. The molecule has 2 aromatic carbocycles. The minimum absolute atomic E-state index is 0.183. The fourth-order valence-electron chi connectivity index (χ4n) is 5.33. The van der Waals surface area contributed by atoms with E-state index in [1.165, 1.54) is 22.5 Å². The molecule has 3 unspecified atom stereocenters. The van der Waals surface area contributed by atoms with Crippen LogP contribution in [0.3, 0.4) is 0 Å². The van der Waals surface area contributed by atoms with Gasteiger partial charge < -0.3 is 10.6 Å². The number of anilines is 2. The van der Waals surface area contributed by atoms with Crippen molar-refractivity contribution < 1.29 is 0 Å². The lowest BCUT2D eigenvalue weighted by atomic mass is 9.71. The van der Waals surface area contributed by atoms with Crippen molar-refractivity contribution in [1.82, 2.24) is 14.8 Å². The van der Waals surface area contributed by atoms with Crippen molar-refractivity contribution in [3.8, 4) is 5.82 Å². The number of aromatic nitrogens is 3. The highest BCUT2D eigenvalue weighted by atomic mass is 15.3. The van der Waals surface area contributed by atoms with Crippen LogP contribution in [0, 0.1) is 12.8 Å². The van der Waals surface area contributed by atoms with Gasteiger partial charge in [-0.1, -0.05) is 48.5 Å². The Morgan fingerprint density at radius 1 is 0.903 bits per heavy atom. The minimum Gasteiger partial charge on any atom is -0.383 e. The molecule has 1 aliphatic carbocycles. The van der Waals surface area contributed by atoms with E-state index >= 15 is 0 Å². The predicted octanol–water partition coefficient (Wildman–Crippen LogP) is 5.11. The normalized spacial score (nSPS) is 21.6. The number of aryl methyl sites for hydroxylation is 1. The van der Waals surface area contributed by atoms with Gasteiger partial charge in [0.2, 0.25) is 0 Å². The van der Waals surface area contributed by atoms with Gasteiger partial charge in [0.05, 0.1) is 28.8 Å². The van der Waals surface area contributed by atoms with Crippen LogP contribution >= 0.6 is 0 Å². The van der Waals surface area contributed by atoms with E-state index in [2.05, 4.69) is 81.8 Å². The molecule has 3 atom stereocenters. The number of fused-ring (bicyclic) bond motifs is 4. The first-order valence-electron chi connectivity index (χ1n) is 10.9. The molecule has 6 rings (SSSR count). The molecule has 5 nitrogen and oxygen atoms in total. The molecule has 0 spiro atoms. The lowest BCUT2D eigenvalue weighted by Crippen LogP contribution is -2.36. The number of pyridine rings is 1. The zero-order chi connectivity index (χ0) is 20.8. The van der Waals surface area contributed by atoms with E-state index in [1.54, 1.807) is 0 Å². The molecule has 31 heavy (non-hydrogen) atoms. The van der Waals surface area contributed by atoms with Crippen LogP contribution in [0.5, 0.6) is 0 Å². The van der Waals surface area contributed by atoms with Crippen molar-refractivity contribution in [2.24, 2.45) is 5.92 Å². The standard InChI is InChI=1S/C26H25N5/c1-17-25-23(31(30-17)24-13-7-8-14-27-24)15-19(18-9-3-2-4-10-18)20-16-28-21-11-5-6-12-22(21)29-26(20)25/h2-14,19-20,26,28-29H,15-16H2,1H3. The van der Waals surface area contributed by atoms with Gasteiger partial charge in [-0.25, -0.2) is 9.67 Å². The van der Waals surface area contributed by atoms with Crippen LogP contribution in [0.2, 0.25) is 0 Å². The molecule has 3 heterocycles. The van der Waals surface area contributed by atoms with Crippen LogP contribution in [-0.4, -0.2) is 21.3 Å². The third-order valence-corrected chi connectivity index (χ3v) is 6.74. The lowest BCUT2D eigenvalue weighted by molar-refractivity contribution is 0.360. The van der Waals surface area contributed by atoms with Crippen molar-refractivity contribution in [2.75, 3.05) is 17.2 Å². The third-order valence-electron chi connectivity index (χ3n) is 6.74. The average Bonchev–Trinajstić information content (AvgIpc) is 3.03. The summed E-state index contributed by atoms with van der Waals surface area (Å²) in [7, 11) is 0. The maximum atomic E-state index is 4.96. The van der Waals surface area contributed by atoms with Gasteiger partial charge in [-0.15, -0.1) is 0 Å². The Morgan fingerprint density at radius 2 is 1.68 bits per heavy atom. The second-order valence-electron chi connectivity index (χ2n) is 8.48. The van der Waals surface area contributed by atoms with E-state index in [9.17, 15) is 0 Å². The summed E-state index contributed by atoms with van der Waals surface area (Å²) in [5.74, 6) is 1.67. The molecule has 0 radical (unpaired) electrons. The summed E-state index contributed by atoms with van der Waals surface area (Å²) >= 11 is 0. The van der Waals surface area contributed by atoms with Crippen LogP contribution in [0.1, 0.15) is 34.5 Å². The Morgan fingerprint density at radius 3 is 2.48 bits per heavy atom. The Kier molecular flexibility index (Phi) is 4.27. The van der Waals surface area contributed by atoms with Crippen LogP contribution < -0.4 is 10.6 Å². The van der Waals surface area contributed by atoms with E-state index in [0.29, 0.717) is 11.8 Å². The molecule has 0 bridgehead atoms. The monoisotopic (exact) mass is 407 g/mol. The zero-order valence-electron chi connectivity index (χ0n) is 17.5. The molecule has 4 aromatic rings. The molecule has 2 aromatic heterocycles. The lowest BCUT2D eigenvalue weighted by Gasteiger charge is -2.38. The number of para-hydroxylation sites is 2. The smallest absolute Gasteiger partial charge is 0.153 e. The van der Waals surface area contributed by atoms with E-state index in [0.717, 1.165) is 30.2 Å². The van der Waals surface area contributed by atoms with E-state index < -0.39 is 0 Å². The minimum atomic E-state index is 0.183. The summed E-state index contributed by atoms with van der Waals surface area (Å²) in [6.45, 7) is 3.05. The van der Waals surface area contributed by atoms with E-state index in [4.69, 9.17) is 5.10 Å². The molecule has 2 N–H and O–H groups in total. The van der Waals surface area contributed by atoms with E-state index in [-0.39, 0.29) is 6.04 Å². The molecular weight excluding hydrogens is 382 g/mol. The van der Waals surface area contributed by atoms with Gasteiger partial charge in [0.1, 0.15) is 0 Å². The van der Waals surface area contributed by atoms with Crippen molar-refractivity contribution >= 4 is 11.4 Å². The molecular formula is C26H25N5. The number of benzene rings is 2. The Bertz CT molecular complexity index is 1220. The molecule has 0 saturated carbocycles. The molecule has 1 aliphatic heterocycles. The highest BCUT2D eigenvalue weighted by Gasteiger charge is 2.42. The molecule has 0 fully saturated rings. The average molecular weight is 408 g/mol. The highest BCUT2D eigenvalue weighted by Crippen LogP contribution is 2.48. The summed E-state index contributed by atoms with van der Waals surface area (Å²) in [5, 5.41) is 12.6. The molecule has 154 valence electrons. The van der Waals surface area contributed by atoms with Gasteiger partial charge in [-0.3, -0.25) is 0 Å². The number of hydrogen-bond acceptors (Lipinski definition) is 4. The van der Waals surface area contributed by atoms with Crippen LogP contribution in [-0.2, 0) is 6.42 Å². The fourth-order valence-corrected chi connectivity index (χ4v) is 5.33. The highest BCUT2D eigenvalue weighted by molar-refractivity contribution is 5.71. The zero-order valence-corrected chi connectivity index (χ0v) is 17.5. The summed E-state index contributed by atoms with van der Waals surface area (Å²) in [4.78, 5) is 4.59. The Labute approximate surface area is 182 Å². The molecule has 0 amide bonds. The summed E-state index contributed by atoms with van der Waals surface area (Å²) in [5.41, 5.74) is 7.36. The first kappa shape index (κ1) is 18.2. The quantitative estimate of drug-likeness (QED) is 0.485. The van der Waals surface area contributed by atoms with E-state index in [1.807, 2.05) is 24.4 Å². The number of hydrogen-bond donors (Lipinski definition) is 2. The maximum absolute atomic E-state index is 4.96. The third kappa shape index (κ3) is 3.00. The maximum Gasteiger partial charge on any atom is 0.153 e. The molecule has 0 saturated heterocycles. The number of nitrogens with one attached hydrogen (secondary N) is 2. The summed E-state index contributed by atoms with van der Waals surface area (Å²) < 4.78 is 2.06. The first-order valence-corrected chi connectivity index (χ1v) is 10.9. The van der Waals surface area contributed by atoms with Crippen LogP contribution in [0.15, 0.2) is 79.0 Å². The second-order valence-corrected chi connectivity index (χ2v) is 8.48. The van der Waals surface area contributed by atoms with Gasteiger partial charge in [0.25, 0.3) is 0 Å². The number of rotatable bonds is 2. The fraction of sp³-hybridized carbons (Fsp3) is 0.231. The van der Waals surface area contributed by atoms with Crippen molar-refractivity contribution in [3.63, 3.8) is 0 Å². The Hall–Kier alpha value is -3.60. The van der Waals surface area contributed by atoms with Crippen molar-refractivity contribution in [1.29, 1.82) is 0 Å². The largest absolute Gasteiger partial charge is 0.383 e. The van der Waals surface area contributed by atoms with Crippen LogP contribution in [0.25, 0.3) is 5.82 Å². The Balaban J connectivity index is 1.54. The second kappa shape index (κ2) is 7.27. The van der Waals surface area contributed by atoms with Gasteiger partial charge in [-0.2, -0.15) is 5.10 Å². The van der Waals surface area contributed by atoms with Gasteiger partial charge in [-0.05, 0) is 49.1 Å². The first-order chi connectivity index (χ1) is 15.3. The molecule has 2 aliphatic rings. The van der Waals surface area contributed by atoms with Crippen molar-refractivity contribution in [3.05, 3.63) is 102 Å².